The van der Waals surface area contributed by atoms with E-state index in [0.29, 0.717) is 5.82 Å². The summed E-state index contributed by atoms with van der Waals surface area (Å²) in [5.74, 6) is 4.68. The van der Waals surface area contributed by atoms with Crippen LogP contribution in [0.15, 0.2) is 6.20 Å². The second kappa shape index (κ2) is 6.98. The second-order valence-corrected chi connectivity index (χ2v) is 5.39. The maximum atomic E-state index is 12.3. The van der Waals surface area contributed by atoms with Gasteiger partial charge in [-0.3, -0.25) is 15.4 Å². The van der Waals surface area contributed by atoms with Crippen LogP contribution in [-0.2, 0) is 4.79 Å². The van der Waals surface area contributed by atoms with Crippen molar-refractivity contribution >= 4 is 17.5 Å². The summed E-state index contributed by atoms with van der Waals surface area (Å²) in [5.41, 5.74) is 8.03. The lowest BCUT2D eigenvalue weighted by atomic mass is 10.0. The minimum atomic E-state index is -0.777. The molecule has 2 amide bonds. The van der Waals surface area contributed by atoms with Crippen LogP contribution >= 0.6 is 0 Å². The van der Waals surface area contributed by atoms with E-state index < -0.39 is 17.9 Å². The van der Waals surface area contributed by atoms with E-state index in [0.717, 1.165) is 0 Å². The summed E-state index contributed by atoms with van der Waals surface area (Å²) in [5, 5.41) is 2.57. The topological polar surface area (TPSA) is 136 Å². The van der Waals surface area contributed by atoms with E-state index in [-0.39, 0.29) is 23.2 Å². The van der Waals surface area contributed by atoms with Crippen LogP contribution in [0.5, 0.6) is 0 Å². The van der Waals surface area contributed by atoms with Crippen LogP contribution in [0.1, 0.15) is 49.9 Å². The number of nitrogen functional groups attached to an aromatic ring is 1. The van der Waals surface area contributed by atoms with E-state index in [2.05, 4.69) is 20.7 Å². The monoisotopic (exact) mass is 294 g/mol. The van der Waals surface area contributed by atoms with Crippen LogP contribution in [0.25, 0.3) is 0 Å². The summed E-state index contributed by atoms with van der Waals surface area (Å²) < 4.78 is 0. The molecule has 0 aromatic carbocycles. The molecular weight excluding hydrogens is 272 g/mol. The molecule has 0 radical (unpaired) electrons. The number of hydrogen-bond donors (Lipinski definition) is 4. The lowest BCUT2D eigenvalue weighted by molar-refractivity contribution is -0.120. The molecule has 0 aliphatic heterocycles. The standard InChI is InChI=1S/C13H22N6O2/c1-6(2)9(11(14)20)18-13(21)10-8(19-15)5-16-12(17-10)7(3)4/h5-7,9,19H,15H2,1-4H3,(H2,14,20)(H,18,21). The highest BCUT2D eigenvalue weighted by atomic mass is 16.2. The number of nitrogens with one attached hydrogen (secondary N) is 2. The van der Waals surface area contributed by atoms with Crippen molar-refractivity contribution in [3.63, 3.8) is 0 Å². The molecule has 0 spiro atoms. The molecule has 0 aliphatic rings. The third kappa shape index (κ3) is 4.12. The molecule has 0 bridgehead atoms. The third-order valence-corrected chi connectivity index (χ3v) is 2.95. The Hall–Kier alpha value is -2.22. The van der Waals surface area contributed by atoms with E-state index in [4.69, 9.17) is 11.6 Å². The number of rotatable bonds is 6. The van der Waals surface area contributed by atoms with Gasteiger partial charge in [-0.25, -0.2) is 9.97 Å². The normalized spacial score (nSPS) is 12.3. The smallest absolute Gasteiger partial charge is 0.272 e. The van der Waals surface area contributed by atoms with Crippen LogP contribution in [0.4, 0.5) is 5.69 Å². The molecular formula is C13H22N6O2. The Kier molecular flexibility index (Phi) is 5.60. The lowest BCUT2D eigenvalue weighted by Gasteiger charge is -2.19. The van der Waals surface area contributed by atoms with Gasteiger partial charge in [-0.1, -0.05) is 27.7 Å². The number of hydrogen-bond acceptors (Lipinski definition) is 6. The zero-order chi connectivity index (χ0) is 16.2. The maximum Gasteiger partial charge on any atom is 0.272 e. The fraction of sp³-hybridized carbons (Fsp3) is 0.538. The molecule has 1 unspecified atom stereocenters. The first kappa shape index (κ1) is 16.8. The van der Waals surface area contributed by atoms with Crippen LogP contribution in [0, 0.1) is 5.92 Å². The number of carbonyl (C=O) groups is 2. The third-order valence-electron chi connectivity index (χ3n) is 2.95. The molecule has 21 heavy (non-hydrogen) atoms. The molecule has 6 N–H and O–H groups in total. The Labute approximate surface area is 123 Å². The maximum absolute atomic E-state index is 12.3. The Morgan fingerprint density at radius 3 is 2.29 bits per heavy atom. The number of anilines is 1. The van der Waals surface area contributed by atoms with Gasteiger partial charge in [0.2, 0.25) is 5.91 Å². The van der Waals surface area contributed by atoms with Crippen LogP contribution < -0.4 is 22.3 Å². The van der Waals surface area contributed by atoms with Crippen LogP contribution in [-0.4, -0.2) is 27.8 Å². The van der Waals surface area contributed by atoms with Gasteiger partial charge in [0.05, 0.1) is 11.9 Å². The zero-order valence-electron chi connectivity index (χ0n) is 12.7. The van der Waals surface area contributed by atoms with E-state index in [1.807, 2.05) is 13.8 Å². The molecule has 0 saturated carbocycles. The van der Waals surface area contributed by atoms with Crippen molar-refractivity contribution in [2.75, 3.05) is 5.43 Å². The van der Waals surface area contributed by atoms with Gasteiger partial charge in [-0.2, -0.15) is 0 Å². The molecule has 0 aliphatic carbocycles. The summed E-state index contributed by atoms with van der Waals surface area (Å²) in [4.78, 5) is 32.0. The highest BCUT2D eigenvalue weighted by Gasteiger charge is 2.24. The van der Waals surface area contributed by atoms with Crippen molar-refractivity contribution in [2.24, 2.45) is 17.5 Å². The van der Waals surface area contributed by atoms with Gasteiger partial charge in [0.1, 0.15) is 11.9 Å². The second-order valence-electron chi connectivity index (χ2n) is 5.39. The summed E-state index contributed by atoms with van der Waals surface area (Å²) >= 11 is 0. The number of primary amides is 1. The van der Waals surface area contributed by atoms with E-state index in [1.54, 1.807) is 13.8 Å². The number of carbonyl (C=O) groups excluding carboxylic acids is 2. The molecule has 0 saturated heterocycles. The fourth-order valence-corrected chi connectivity index (χ4v) is 1.73. The Bertz CT molecular complexity index is 529. The van der Waals surface area contributed by atoms with Gasteiger partial charge >= 0.3 is 0 Å². The molecule has 1 aromatic heterocycles. The zero-order valence-corrected chi connectivity index (χ0v) is 12.7. The van der Waals surface area contributed by atoms with Gasteiger partial charge in [-0.05, 0) is 5.92 Å². The van der Waals surface area contributed by atoms with Crippen molar-refractivity contribution in [3.8, 4) is 0 Å². The lowest BCUT2D eigenvalue weighted by Crippen LogP contribution is -2.48. The summed E-state index contributed by atoms with van der Waals surface area (Å²) in [7, 11) is 0. The van der Waals surface area contributed by atoms with Gasteiger partial charge in [-0.15, -0.1) is 0 Å². The van der Waals surface area contributed by atoms with Crippen molar-refractivity contribution in [1.29, 1.82) is 0 Å². The number of aromatic nitrogens is 2. The van der Waals surface area contributed by atoms with Gasteiger partial charge in [0.25, 0.3) is 5.91 Å². The molecule has 8 nitrogen and oxygen atoms in total. The van der Waals surface area contributed by atoms with E-state index in [1.165, 1.54) is 6.20 Å². The molecule has 8 heteroatoms. The average Bonchev–Trinajstić information content (AvgIpc) is 2.42. The largest absolute Gasteiger partial charge is 0.368 e. The van der Waals surface area contributed by atoms with Crippen LogP contribution in [0.2, 0.25) is 0 Å². The Balaban J connectivity index is 3.10. The first-order valence-corrected chi connectivity index (χ1v) is 6.71. The summed E-state index contributed by atoms with van der Waals surface area (Å²) in [6.07, 6.45) is 1.44. The molecule has 1 atom stereocenters. The minimum Gasteiger partial charge on any atom is -0.368 e. The van der Waals surface area contributed by atoms with Crippen molar-refractivity contribution < 1.29 is 9.59 Å². The van der Waals surface area contributed by atoms with Gasteiger partial charge < -0.3 is 16.5 Å². The average molecular weight is 294 g/mol. The predicted octanol–water partition coefficient (Wildman–Crippen LogP) is 0.125. The minimum absolute atomic E-state index is 0.0559. The van der Waals surface area contributed by atoms with E-state index in [9.17, 15) is 9.59 Å². The predicted molar refractivity (Wildman–Crippen MR) is 79.2 cm³/mol. The summed E-state index contributed by atoms with van der Waals surface area (Å²) in [6.45, 7) is 7.40. The van der Waals surface area contributed by atoms with Crippen molar-refractivity contribution in [1.82, 2.24) is 15.3 Å². The molecule has 0 fully saturated rings. The molecule has 116 valence electrons. The Morgan fingerprint density at radius 1 is 1.24 bits per heavy atom. The Morgan fingerprint density at radius 2 is 1.86 bits per heavy atom. The summed E-state index contributed by atoms with van der Waals surface area (Å²) in [6, 6.07) is -0.777. The van der Waals surface area contributed by atoms with Crippen LogP contribution in [0.3, 0.4) is 0 Å². The number of nitrogens with zero attached hydrogens (tertiary/aromatic N) is 2. The number of hydrazine groups is 1. The number of nitrogens with two attached hydrogens (primary N) is 2. The quantitative estimate of drug-likeness (QED) is 0.435. The number of amides is 2. The first-order chi connectivity index (χ1) is 9.77. The van der Waals surface area contributed by atoms with E-state index >= 15 is 0 Å². The highest BCUT2D eigenvalue weighted by molar-refractivity contribution is 5.99. The SMILES string of the molecule is CC(C)c1ncc(NN)c(C(=O)NC(C(N)=O)C(C)C)n1. The fourth-order valence-electron chi connectivity index (χ4n) is 1.73. The van der Waals surface area contributed by atoms with Crippen molar-refractivity contribution in [2.45, 2.75) is 39.7 Å². The molecule has 1 rings (SSSR count). The first-order valence-electron chi connectivity index (χ1n) is 6.71. The molecule has 1 aromatic rings. The van der Waals surface area contributed by atoms with Crippen molar-refractivity contribution in [3.05, 3.63) is 17.7 Å². The van der Waals surface area contributed by atoms with Gasteiger partial charge in [0.15, 0.2) is 5.69 Å². The molecule has 1 heterocycles. The van der Waals surface area contributed by atoms with Gasteiger partial charge in [0, 0.05) is 5.92 Å². The highest BCUT2D eigenvalue weighted by Crippen LogP contribution is 2.16.